The molecule has 0 bridgehead atoms. The van der Waals surface area contributed by atoms with Gasteiger partial charge in [0.15, 0.2) is 0 Å². The highest BCUT2D eigenvalue weighted by Gasteiger charge is 1.97. The van der Waals surface area contributed by atoms with E-state index >= 15 is 0 Å². The van der Waals surface area contributed by atoms with Crippen molar-refractivity contribution in [3.63, 3.8) is 0 Å². The minimum Gasteiger partial charge on any atom is -0.447 e. The Morgan fingerprint density at radius 3 is 2.54 bits per heavy atom. The van der Waals surface area contributed by atoms with Crippen LogP contribution in [0.15, 0.2) is 0 Å². The Balaban J connectivity index is 3.02. The van der Waals surface area contributed by atoms with Crippen molar-refractivity contribution in [3.8, 4) is 0 Å². The molecule has 5 nitrogen and oxygen atoms in total. The maximum atomic E-state index is 10.7. The zero-order valence-electron chi connectivity index (χ0n) is 8.17. The molecule has 0 aliphatic rings. The summed E-state index contributed by atoms with van der Waals surface area (Å²) < 4.78 is 14.6. The van der Waals surface area contributed by atoms with Crippen LogP contribution in [0.3, 0.4) is 0 Å². The van der Waals surface area contributed by atoms with Crippen LogP contribution in [0.25, 0.3) is 0 Å². The summed E-state index contributed by atoms with van der Waals surface area (Å²) in [5.74, 6) is 0. The summed E-state index contributed by atoms with van der Waals surface area (Å²) in [5.41, 5.74) is 0. The van der Waals surface area contributed by atoms with Gasteiger partial charge in [0, 0.05) is 13.7 Å². The smallest absolute Gasteiger partial charge is 0.407 e. The molecule has 0 radical (unpaired) electrons. The van der Waals surface area contributed by atoms with Crippen LogP contribution in [0.1, 0.15) is 6.92 Å². The van der Waals surface area contributed by atoms with Crippen molar-refractivity contribution in [3.05, 3.63) is 0 Å². The van der Waals surface area contributed by atoms with E-state index in [-0.39, 0.29) is 6.61 Å². The lowest BCUT2D eigenvalue weighted by molar-refractivity contribution is 0.0422. The molecule has 0 aliphatic carbocycles. The third kappa shape index (κ3) is 9.10. The zero-order valence-corrected chi connectivity index (χ0v) is 8.17. The van der Waals surface area contributed by atoms with Crippen LogP contribution in [-0.4, -0.2) is 46.2 Å². The Morgan fingerprint density at radius 1 is 1.23 bits per heavy atom. The molecule has 0 aliphatic heterocycles. The molecular formula is C8H17NO4. The van der Waals surface area contributed by atoms with Gasteiger partial charge in [-0.1, -0.05) is 0 Å². The van der Waals surface area contributed by atoms with Gasteiger partial charge in [-0.15, -0.1) is 0 Å². The molecule has 0 fully saturated rings. The standard InChI is InChI=1S/C8H17NO4/c1-3-9-8(10)13-7-6-12-5-4-11-2/h3-7H2,1-2H3,(H,9,10). The molecular weight excluding hydrogens is 174 g/mol. The van der Waals surface area contributed by atoms with Crippen LogP contribution in [0.2, 0.25) is 0 Å². The average molecular weight is 191 g/mol. The van der Waals surface area contributed by atoms with E-state index in [0.717, 1.165) is 0 Å². The normalized spacial score (nSPS) is 9.69. The second-order valence-corrected chi connectivity index (χ2v) is 2.27. The minimum atomic E-state index is -0.405. The zero-order chi connectivity index (χ0) is 9.94. The predicted octanol–water partition coefficient (Wildman–Crippen LogP) is 0.395. The van der Waals surface area contributed by atoms with Gasteiger partial charge < -0.3 is 19.5 Å². The lowest BCUT2D eigenvalue weighted by Gasteiger charge is -2.05. The van der Waals surface area contributed by atoms with Crippen LogP contribution in [-0.2, 0) is 14.2 Å². The lowest BCUT2D eigenvalue weighted by atomic mass is 10.7. The first-order valence-electron chi connectivity index (χ1n) is 4.28. The second-order valence-electron chi connectivity index (χ2n) is 2.27. The highest BCUT2D eigenvalue weighted by atomic mass is 16.6. The van der Waals surface area contributed by atoms with E-state index in [1.165, 1.54) is 0 Å². The summed E-state index contributed by atoms with van der Waals surface area (Å²) in [6.45, 7) is 4.16. The molecule has 0 aromatic carbocycles. The number of rotatable bonds is 7. The third-order valence-electron chi connectivity index (χ3n) is 1.21. The Bertz CT molecular complexity index is 129. The molecule has 13 heavy (non-hydrogen) atoms. The minimum absolute atomic E-state index is 0.273. The Kier molecular flexibility index (Phi) is 8.70. The molecule has 0 atom stereocenters. The van der Waals surface area contributed by atoms with Gasteiger partial charge in [-0.05, 0) is 6.92 Å². The Labute approximate surface area is 78.3 Å². The average Bonchev–Trinajstić information content (AvgIpc) is 2.11. The number of alkyl carbamates (subject to hydrolysis) is 1. The second kappa shape index (κ2) is 9.28. The predicted molar refractivity (Wildman–Crippen MR) is 47.7 cm³/mol. The number of amides is 1. The topological polar surface area (TPSA) is 56.8 Å². The summed E-state index contributed by atoms with van der Waals surface area (Å²) in [4.78, 5) is 10.7. The van der Waals surface area contributed by atoms with Crippen molar-refractivity contribution in [2.24, 2.45) is 0 Å². The first kappa shape index (κ1) is 12.2. The number of carbonyl (C=O) groups excluding carboxylic acids is 1. The Hall–Kier alpha value is -0.810. The van der Waals surface area contributed by atoms with Gasteiger partial charge in [0.25, 0.3) is 0 Å². The van der Waals surface area contributed by atoms with E-state index in [0.29, 0.717) is 26.4 Å². The van der Waals surface area contributed by atoms with E-state index in [4.69, 9.17) is 14.2 Å². The number of methoxy groups -OCH3 is 1. The fourth-order valence-electron chi connectivity index (χ4n) is 0.633. The molecule has 0 saturated heterocycles. The van der Waals surface area contributed by atoms with Crippen molar-refractivity contribution in [2.45, 2.75) is 6.92 Å². The summed E-state index contributed by atoms with van der Waals surface area (Å²) in [6, 6.07) is 0. The highest BCUT2D eigenvalue weighted by Crippen LogP contribution is 1.80. The van der Waals surface area contributed by atoms with E-state index < -0.39 is 6.09 Å². The van der Waals surface area contributed by atoms with Gasteiger partial charge in [0.05, 0.1) is 19.8 Å². The fraction of sp³-hybridized carbons (Fsp3) is 0.875. The summed E-state index contributed by atoms with van der Waals surface area (Å²) >= 11 is 0. The molecule has 0 saturated carbocycles. The summed E-state index contributed by atoms with van der Waals surface area (Å²) in [6.07, 6.45) is -0.405. The fourth-order valence-corrected chi connectivity index (χ4v) is 0.633. The van der Waals surface area contributed by atoms with Crippen molar-refractivity contribution in [1.29, 1.82) is 0 Å². The molecule has 1 amide bonds. The number of hydrogen-bond donors (Lipinski definition) is 1. The molecule has 0 aromatic heterocycles. The Morgan fingerprint density at radius 2 is 1.92 bits per heavy atom. The molecule has 0 rings (SSSR count). The van der Waals surface area contributed by atoms with Gasteiger partial charge in [-0.3, -0.25) is 0 Å². The van der Waals surface area contributed by atoms with E-state index in [1.54, 1.807) is 7.11 Å². The molecule has 5 heteroatoms. The molecule has 0 aromatic rings. The SMILES string of the molecule is CCNC(=O)OCCOCCOC. The van der Waals surface area contributed by atoms with Crippen molar-refractivity contribution in [1.82, 2.24) is 5.32 Å². The largest absolute Gasteiger partial charge is 0.447 e. The number of nitrogens with one attached hydrogen (secondary N) is 1. The van der Waals surface area contributed by atoms with Crippen molar-refractivity contribution >= 4 is 6.09 Å². The molecule has 1 N–H and O–H groups in total. The number of hydrogen-bond acceptors (Lipinski definition) is 4. The maximum Gasteiger partial charge on any atom is 0.407 e. The van der Waals surface area contributed by atoms with Gasteiger partial charge in [0.2, 0.25) is 0 Å². The van der Waals surface area contributed by atoms with E-state index in [2.05, 4.69) is 5.32 Å². The van der Waals surface area contributed by atoms with E-state index in [1.807, 2.05) is 6.92 Å². The maximum absolute atomic E-state index is 10.7. The van der Waals surface area contributed by atoms with Crippen molar-refractivity contribution < 1.29 is 19.0 Å². The molecule has 78 valence electrons. The van der Waals surface area contributed by atoms with Crippen molar-refractivity contribution in [2.75, 3.05) is 40.1 Å². The van der Waals surface area contributed by atoms with Gasteiger partial charge in [-0.25, -0.2) is 4.79 Å². The molecule has 0 unspecified atom stereocenters. The summed E-state index contributed by atoms with van der Waals surface area (Å²) in [5, 5.41) is 2.51. The number of carbonyl (C=O) groups is 1. The molecule has 0 spiro atoms. The quantitative estimate of drug-likeness (QED) is 0.592. The first-order chi connectivity index (χ1) is 6.31. The van der Waals surface area contributed by atoms with Gasteiger partial charge >= 0.3 is 6.09 Å². The van der Waals surface area contributed by atoms with Crippen LogP contribution < -0.4 is 5.32 Å². The van der Waals surface area contributed by atoms with Crippen LogP contribution in [0.4, 0.5) is 4.79 Å². The molecule has 0 heterocycles. The van der Waals surface area contributed by atoms with Gasteiger partial charge in [-0.2, -0.15) is 0 Å². The van der Waals surface area contributed by atoms with Crippen LogP contribution in [0.5, 0.6) is 0 Å². The van der Waals surface area contributed by atoms with Crippen LogP contribution >= 0.6 is 0 Å². The first-order valence-corrected chi connectivity index (χ1v) is 4.28. The highest BCUT2D eigenvalue weighted by molar-refractivity contribution is 5.66. The number of ether oxygens (including phenoxy) is 3. The van der Waals surface area contributed by atoms with Gasteiger partial charge in [0.1, 0.15) is 6.61 Å². The summed E-state index contributed by atoms with van der Waals surface area (Å²) in [7, 11) is 1.61. The third-order valence-corrected chi connectivity index (χ3v) is 1.21. The lowest BCUT2D eigenvalue weighted by Crippen LogP contribution is -2.25. The van der Waals surface area contributed by atoms with Crippen LogP contribution in [0, 0.1) is 0 Å². The van der Waals surface area contributed by atoms with E-state index in [9.17, 15) is 4.79 Å². The monoisotopic (exact) mass is 191 g/mol.